The largest absolute Gasteiger partial charge is 0.455 e. The second kappa shape index (κ2) is 12.9. The molecule has 0 N–H and O–H groups in total. The highest BCUT2D eigenvalue weighted by Gasteiger charge is 2.17. The Balaban J connectivity index is 1.05. The topological polar surface area (TPSA) is 51.8 Å². The number of nitrogens with zero attached hydrogens (tertiary/aromatic N) is 3. The zero-order chi connectivity index (χ0) is 35.1. The third kappa shape index (κ3) is 5.63. The van der Waals surface area contributed by atoms with E-state index in [9.17, 15) is 0 Å². The Kier molecular flexibility index (Phi) is 7.43. The summed E-state index contributed by atoms with van der Waals surface area (Å²) >= 11 is 0. The Labute approximate surface area is 306 Å². The van der Waals surface area contributed by atoms with E-state index in [1.807, 2.05) is 36.4 Å². The van der Waals surface area contributed by atoms with Crippen LogP contribution in [-0.2, 0) is 0 Å². The summed E-state index contributed by atoms with van der Waals surface area (Å²) in [5, 5.41) is 4.66. The zero-order valence-electron chi connectivity index (χ0n) is 28.6. The van der Waals surface area contributed by atoms with Gasteiger partial charge in [-0.2, -0.15) is 0 Å². The molecule has 0 amide bonds. The second-order valence-electron chi connectivity index (χ2n) is 13.2. The van der Waals surface area contributed by atoms with Gasteiger partial charge in [0.2, 0.25) is 0 Å². The minimum atomic E-state index is 0.617. The van der Waals surface area contributed by atoms with Crippen molar-refractivity contribution in [2.45, 2.75) is 0 Å². The summed E-state index contributed by atoms with van der Waals surface area (Å²) in [5.74, 6) is 1.87. The number of hydrogen-bond donors (Lipinski definition) is 0. The summed E-state index contributed by atoms with van der Waals surface area (Å²) < 4.78 is 6.57. The fraction of sp³-hybridized carbons (Fsp3) is 0. The van der Waals surface area contributed by atoms with E-state index in [1.54, 1.807) is 0 Å². The normalized spacial score (nSPS) is 11.4. The van der Waals surface area contributed by atoms with Crippen LogP contribution in [0, 0.1) is 0 Å². The molecule has 0 bridgehead atoms. The van der Waals surface area contributed by atoms with Gasteiger partial charge in [0.1, 0.15) is 11.2 Å². The van der Waals surface area contributed by atoms with Crippen LogP contribution in [0.4, 0.5) is 0 Å². The molecule has 0 aliphatic carbocycles. The van der Waals surface area contributed by atoms with Crippen molar-refractivity contribution in [1.82, 2.24) is 15.0 Å². The summed E-state index contributed by atoms with van der Waals surface area (Å²) in [6.07, 6.45) is 0. The monoisotopic (exact) mass is 677 g/mol. The molecule has 2 heterocycles. The lowest BCUT2D eigenvalue weighted by Crippen LogP contribution is -2.00. The van der Waals surface area contributed by atoms with Crippen molar-refractivity contribution in [3.63, 3.8) is 0 Å². The molecule has 10 rings (SSSR count). The van der Waals surface area contributed by atoms with Gasteiger partial charge in [0.05, 0.1) is 0 Å². The van der Waals surface area contributed by atoms with E-state index in [4.69, 9.17) is 19.4 Å². The summed E-state index contributed by atoms with van der Waals surface area (Å²) in [4.78, 5) is 15.1. The smallest absolute Gasteiger partial charge is 0.164 e. The molecule has 0 fully saturated rings. The Morgan fingerprint density at radius 1 is 0.321 bits per heavy atom. The fourth-order valence-electron chi connectivity index (χ4n) is 7.29. The molecule has 8 aromatic carbocycles. The zero-order valence-corrected chi connectivity index (χ0v) is 28.6. The predicted molar refractivity (Wildman–Crippen MR) is 217 cm³/mol. The van der Waals surface area contributed by atoms with Crippen molar-refractivity contribution >= 4 is 32.7 Å². The van der Waals surface area contributed by atoms with Crippen LogP contribution in [0.3, 0.4) is 0 Å². The van der Waals surface area contributed by atoms with Gasteiger partial charge in [0.25, 0.3) is 0 Å². The van der Waals surface area contributed by atoms with Crippen LogP contribution in [0.2, 0.25) is 0 Å². The molecular formula is C49H31N3O. The maximum absolute atomic E-state index is 6.57. The van der Waals surface area contributed by atoms with Gasteiger partial charge in [-0.15, -0.1) is 0 Å². The van der Waals surface area contributed by atoms with E-state index in [0.717, 1.165) is 66.4 Å². The number of para-hydroxylation sites is 1. The third-order valence-corrected chi connectivity index (χ3v) is 9.93. The lowest BCUT2D eigenvalue weighted by Gasteiger charge is -2.10. The summed E-state index contributed by atoms with van der Waals surface area (Å²) in [7, 11) is 0. The van der Waals surface area contributed by atoms with Gasteiger partial charge in [0, 0.05) is 33.0 Å². The number of fused-ring (bicyclic) bond motifs is 4. The first-order valence-corrected chi connectivity index (χ1v) is 17.8. The molecule has 53 heavy (non-hydrogen) atoms. The summed E-state index contributed by atoms with van der Waals surface area (Å²) in [6.45, 7) is 0. The Morgan fingerprint density at radius 3 is 1.60 bits per heavy atom. The van der Waals surface area contributed by atoms with Gasteiger partial charge in [-0.3, -0.25) is 0 Å². The maximum atomic E-state index is 6.57. The van der Waals surface area contributed by atoms with Crippen LogP contribution in [0.25, 0.3) is 100 Å². The van der Waals surface area contributed by atoms with E-state index in [1.165, 1.54) is 16.3 Å². The van der Waals surface area contributed by atoms with Gasteiger partial charge in [0.15, 0.2) is 17.5 Å². The highest BCUT2D eigenvalue weighted by molar-refractivity contribution is 6.15. The number of rotatable bonds is 6. The quantitative estimate of drug-likeness (QED) is 0.176. The Hall–Kier alpha value is -7.17. The Morgan fingerprint density at radius 2 is 0.830 bits per heavy atom. The van der Waals surface area contributed by atoms with Crippen LogP contribution in [0.5, 0.6) is 0 Å². The number of aromatic nitrogens is 3. The minimum Gasteiger partial charge on any atom is -0.455 e. The molecule has 0 aliphatic rings. The second-order valence-corrected chi connectivity index (χ2v) is 13.2. The Bertz CT molecular complexity index is 2930. The fourth-order valence-corrected chi connectivity index (χ4v) is 7.29. The van der Waals surface area contributed by atoms with Crippen molar-refractivity contribution < 1.29 is 4.42 Å². The molecule has 0 unspecified atom stereocenters. The van der Waals surface area contributed by atoms with Gasteiger partial charge < -0.3 is 4.42 Å². The van der Waals surface area contributed by atoms with Crippen molar-refractivity contribution in [3.8, 4) is 67.5 Å². The highest BCUT2D eigenvalue weighted by Crippen LogP contribution is 2.41. The van der Waals surface area contributed by atoms with Crippen LogP contribution in [0.1, 0.15) is 0 Å². The molecule has 4 heteroatoms. The lowest BCUT2D eigenvalue weighted by molar-refractivity contribution is 0.670. The van der Waals surface area contributed by atoms with Crippen molar-refractivity contribution in [3.05, 3.63) is 188 Å². The van der Waals surface area contributed by atoms with Crippen molar-refractivity contribution in [1.29, 1.82) is 0 Å². The molecule has 2 aromatic heterocycles. The summed E-state index contributed by atoms with van der Waals surface area (Å²) in [5.41, 5.74) is 11.2. The van der Waals surface area contributed by atoms with E-state index in [2.05, 4.69) is 152 Å². The lowest BCUT2D eigenvalue weighted by atomic mass is 9.97. The molecule has 10 aromatic rings. The molecule has 0 atom stereocenters. The van der Waals surface area contributed by atoms with Crippen molar-refractivity contribution in [2.24, 2.45) is 0 Å². The van der Waals surface area contributed by atoms with Crippen LogP contribution >= 0.6 is 0 Å². The molecule has 248 valence electrons. The van der Waals surface area contributed by atoms with Gasteiger partial charge in [-0.05, 0) is 56.8 Å². The summed E-state index contributed by atoms with van der Waals surface area (Å²) in [6, 6.07) is 65.1. The minimum absolute atomic E-state index is 0.617. The number of furan rings is 1. The average Bonchev–Trinajstić information content (AvgIpc) is 3.63. The van der Waals surface area contributed by atoms with Gasteiger partial charge >= 0.3 is 0 Å². The third-order valence-electron chi connectivity index (χ3n) is 9.93. The van der Waals surface area contributed by atoms with E-state index < -0.39 is 0 Å². The maximum Gasteiger partial charge on any atom is 0.164 e. The van der Waals surface area contributed by atoms with Crippen LogP contribution < -0.4 is 0 Å². The van der Waals surface area contributed by atoms with Crippen LogP contribution in [-0.4, -0.2) is 15.0 Å². The molecule has 0 radical (unpaired) electrons. The molecule has 0 aliphatic heterocycles. The van der Waals surface area contributed by atoms with E-state index in [0.29, 0.717) is 17.5 Å². The standard InChI is InChI=1S/C49H31N3O/c1-3-13-33(14-4-1)41-20-11-23-44-45(41)43-22-10-21-42(46(43)53-44)34-25-27-36(28-26-34)48-50-47(35-15-5-2-6-16-35)51-49(52-48)40-19-9-18-38(31-40)39-29-24-32-12-7-8-17-37(32)30-39/h1-31H. The highest BCUT2D eigenvalue weighted by atomic mass is 16.3. The average molecular weight is 678 g/mol. The molecular weight excluding hydrogens is 647 g/mol. The molecule has 4 nitrogen and oxygen atoms in total. The van der Waals surface area contributed by atoms with E-state index in [-0.39, 0.29) is 0 Å². The SMILES string of the molecule is c1ccc(-c2nc(-c3ccc(-c4cccc5c4oc4cccc(-c6ccccc6)c45)cc3)nc(-c3cccc(-c4ccc5ccccc5c4)c3)n2)cc1. The van der Waals surface area contributed by atoms with Crippen LogP contribution in [0.15, 0.2) is 192 Å². The predicted octanol–water partition coefficient (Wildman–Crippen LogP) is 12.9. The molecule has 0 saturated carbocycles. The molecule has 0 spiro atoms. The number of hydrogen-bond acceptors (Lipinski definition) is 4. The van der Waals surface area contributed by atoms with E-state index >= 15 is 0 Å². The first kappa shape index (κ1) is 30.6. The number of benzene rings is 8. The first-order chi connectivity index (χ1) is 26.2. The van der Waals surface area contributed by atoms with Gasteiger partial charge in [-0.25, -0.2) is 15.0 Å². The molecule has 0 saturated heterocycles. The van der Waals surface area contributed by atoms with Crippen molar-refractivity contribution in [2.75, 3.05) is 0 Å². The van der Waals surface area contributed by atoms with Gasteiger partial charge in [-0.1, -0.05) is 170 Å². The first-order valence-electron chi connectivity index (χ1n) is 17.8.